The van der Waals surface area contributed by atoms with Crippen molar-refractivity contribution >= 4 is 38.5 Å². The standard InChI is InChI=1S/C35H27NS/c1-35(2)30-18-10-11-19-31(30)36(33-29-17-9-12-20-32(29)37-34(33)35)28-22-26(24-13-5-3-6-14-24)21-27(23-28)25-15-7-4-8-16-25/h3-23H,1-2H3. The molecule has 1 nitrogen and oxygen atoms in total. The van der Waals surface area contributed by atoms with Gasteiger partial charge >= 0.3 is 0 Å². The third kappa shape index (κ3) is 3.52. The van der Waals surface area contributed by atoms with E-state index in [4.69, 9.17) is 0 Å². The summed E-state index contributed by atoms with van der Waals surface area (Å²) in [5, 5.41) is 1.32. The van der Waals surface area contributed by atoms with Gasteiger partial charge in [0, 0.05) is 26.1 Å². The lowest BCUT2D eigenvalue weighted by Gasteiger charge is -2.40. The zero-order valence-corrected chi connectivity index (χ0v) is 21.8. The predicted molar refractivity (Wildman–Crippen MR) is 160 cm³/mol. The molecule has 37 heavy (non-hydrogen) atoms. The Morgan fingerprint density at radius 1 is 0.568 bits per heavy atom. The Bertz CT molecular complexity index is 1690. The molecule has 6 aromatic rings. The minimum absolute atomic E-state index is 0.0780. The van der Waals surface area contributed by atoms with Gasteiger partial charge in [0.15, 0.2) is 0 Å². The van der Waals surface area contributed by atoms with Crippen LogP contribution in [0.25, 0.3) is 32.3 Å². The van der Waals surface area contributed by atoms with Crippen molar-refractivity contribution in [3.8, 4) is 22.3 Å². The van der Waals surface area contributed by atoms with E-state index in [0.717, 1.165) is 0 Å². The SMILES string of the molecule is CC1(C)c2ccccc2N(c2cc(-c3ccccc3)cc(-c3ccccc3)c2)c2c1sc1ccccc21. The van der Waals surface area contributed by atoms with Gasteiger partial charge in [0.1, 0.15) is 0 Å². The van der Waals surface area contributed by atoms with Crippen molar-refractivity contribution in [2.75, 3.05) is 4.90 Å². The molecular weight excluding hydrogens is 466 g/mol. The highest BCUT2D eigenvalue weighted by atomic mass is 32.1. The summed E-state index contributed by atoms with van der Waals surface area (Å²) in [6, 6.07) is 46.2. The minimum atomic E-state index is -0.0780. The molecule has 0 saturated carbocycles. The molecule has 0 radical (unpaired) electrons. The molecule has 1 aliphatic heterocycles. The normalized spacial score (nSPS) is 13.8. The van der Waals surface area contributed by atoms with E-state index in [2.05, 4.69) is 146 Å². The molecular formula is C35H27NS. The van der Waals surface area contributed by atoms with E-state index in [1.165, 1.54) is 59.8 Å². The summed E-state index contributed by atoms with van der Waals surface area (Å²) >= 11 is 1.93. The molecule has 1 aromatic heterocycles. The number of para-hydroxylation sites is 1. The lowest BCUT2D eigenvalue weighted by atomic mass is 9.78. The van der Waals surface area contributed by atoms with E-state index in [9.17, 15) is 0 Å². The fraction of sp³-hybridized carbons (Fsp3) is 0.0857. The van der Waals surface area contributed by atoms with Gasteiger partial charge in [-0.05, 0) is 58.1 Å². The third-order valence-corrected chi connectivity index (χ3v) is 9.05. The van der Waals surface area contributed by atoms with Crippen LogP contribution >= 0.6 is 11.3 Å². The average Bonchev–Trinajstić information content (AvgIpc) is 3.35. The lowest BCUT2D eigenvalue weighted by Crippen LogP contribution is -2.29. The molecule has 0 bridgehead atoms. The van der Waals surface area contributed by atoms with Gasteiger partial charge in [0.25, 0.3) is 0 Å². The maximum Gasteiger partial charge on any atom is 0.0688 e. The van der Waals surface area contributed by atoms with Gasteiger partial charge in [0.2, 0.25) is 0 Å². The van der Waals surface area contributed by atoms with E-state index >= 15 is 0 Å². The molecule has 5 aromatic carbocycles. The van der Waals surface area contributed by atoms with Crippen LogP contribution in [0.4, 0.5) is 17.1 Å². The van der Waals surface area contributed by atoms with E-state index in [-0.39, 0.29) is 5.41 Å². The Kier molecular flexibility index (Phi) is 5.05. The summed E-state index contributed by atoms with van der Waals surface area (Å²) in [7, 11) is 0. The number of benzene rings is 5. The monoisotopic (exact) mass is 493 g/mol. The van der Waals surface area contributed by atoms with Crippen LogP contribution in [0.15, 0.2) is 127 Å². The molecule has 0 spiro atoms. The molecule has 1 aliphatic rings. The molecule has 0 N–H and O–H groups in total. The highest BCUT2D eigenvalue weighted by Gasteiger charge is 2.39. The van der Waals surface area contributed by atoms with Crippen LogP contribution < -0.4 is 4.90 Å². The maximum absolute atomic E-state index is 2.51. The van der Waals surface area contributed by atoms with Crippen LogP contribution in [0.5, 0.6) is 0 Å². The molecule has 0 fully saturated rings. The highest BCUT2D eigenvalue weighted by Crippen LogP contribution is 2.57. The Hall–Kier alpha value is -4.14. The molecule has 0 aliphatic carbocycles. The fourth-order valence-corrected chi connectivity index (χ4v) is 7.02. The first-order valence-electron chi connectivity index (χ1n) is 12.8. The molecule has 2 heteroatoms. The van der Waals surface area contributed by atoms with Gasteiger partial charge in [0.05, 0.1) is 11.4 Å². The number of rotatable bonds is 3. The van der Waals surface area contributed by atoms with Crippen molar-refractivity contribution in [3.05, 3.63) is 138 Å². The molecule has 0 saturated heterocycles. The highest BCUT2D eigenvalue weighted by molar-refractivity contribution is 7.20. The molecule has 7 rings (SSSR count). The molecule has 2 heterocycles. The maximum atomic E-state index is 2.51. The molecule has 0 atom stereocenters. The van der Waals surface area contributed by atoms with Gasteiger partial charge in [-0.15, -0.1) is 11.3 Å². The molecule has 178 valence electrons. The number of hydrogen-bond acceptors (Lipinski definition) is 2. The first-order chi connectivity index (χ1) is 18.1. The zero-order valence-electron chi connectivity index (χ0n) is 21.0. The van der Waals surface area contributed by atoms with Crippen molar-refractivity contribution in [2.24, 2.45) is 0 Å². The van der Waals surface area contributed by atoms with Crippen molar-refractivity contribution in [1.29, 1.82) is 0 Å². The summed E-state index contributed by atoms with van der Waals surface area (Å²) in [5.74, 6) is 0. The zero-order chi connectivity index (χ0) is 25.0. The Morgan fingerprint density at radius 3 is 1.81 bits per heavy atom. The quantitative estimate of drug-likeness (QED) is 0.237. The number of anilines is 3. The summed E-state index contributed by atoms with van der Waals surface area (Å²) in [4.78, 5) is 3.92. The van der Waals surface area contributed by atoms with E-state index in [1.54, 1.807) is 0 Å². The van der Waals surface area contributed by atoms with Gasteiger partial charge in [-0.25, -0.2) is 0 Å². The molecule has 0 amide bonds. The topological polar surface area (TPSA) is 3.24 Å². The number of fused-ring (bicyclic) bond motifs is 4. The number of nitrogens with zero attached hydrogens (tertiary/aromatic N) is 1. The van der Waals surface area contributed by atoms with Gasteiger partial charge in [-0.2, -0.15) is 0 Å². The van der Waals surface area contributed by atoms with Crippen molar-refractivity contribution in [1.82, 2.24) is 0 Å². The van der Waals surface area contributed by atoms with Crippen molar-refractivity contribution < 1.29 is 0 Å². The summed E-state index contributed by atoms with van der Waals surface area (Å²) in [5.41, 5.74) is 9.94. The second-order valence-corrected chi connectivity index (χ2v) is 11.3. The Labute approximate surface area is 222 Å². The van der Waals surface area contributed by atoms with Crippen LogP contribution in [0, 0.1) is 0 Å². The second kappa shape index (κ2) is 8.47. The molecule has 0 unspecified atom stereocenters. The van der Waals surface area contributed by atoms with Gasteiger partial charge in [-0.3, -0.25) is 0 Å². The van der Waals surface area contributed by atoms with Crippen LogP contribution in [0.2, 0.25) is 0 Å². The number of hydrogen-bond donors (Lipinski definition) is 0. The van der Waals surface area contributed by atoms with Crippen molar-refractivity contribution in [3.63, 3.8) is 0 Å². The smallest absolute Gasteiger partial charge is 0.0688 e. The third-order valence-electron chi connectivity index (χ3n) is 7.57. The first kappa shape index (κ1) is 22.1. The van der Waals surface area contributed by atoms with Crippen LogP contribution in [0.1, 0.15) is 24.3 Å². The van der Waals surface area contributed by atoms with E-state index < -0.39 is 0 Å². The first-order valence-corrected chi connectivity index (χ1v) is 13.6. The largest absolute Gasteiger partial charge is 0.308 e. The second-order valence-electron chi connectivity index (χ2n) is 10.3. The van der Waals surface area contributed by atoms with E-state index in [1.807, 2.05) is 11.3 Å². The fourth-order valence-electron chi connectivity index (χ4n) is 5.72. The Morgan fingerprint density at radius 2 is 1.14 bits per heavy atom. The summed E-state index contributed by atoms with van der Waals surface area (Å²) < 4.78 is 1.33. The van der Waals surface area contributed by atoms with Gasteiger partial charge in [-0.1, -0.05) is 111 Å². The lowest BCUT2D eigenvalue weighted by molar-refractivity contribution is 0.647. The van der Waals surface area contributed by atoms with Crippen LogP contribution in [-0.4, -0.2) is 0 Å². The van der Waals surface area contributed by atoms with E-state index in [0.29, 0.717) is 0 Å². The summed E-state index contributed by atoms with van der Waals surface area (Å²) in [6.45, 7) is 4.74. The van der Waals surface area contributed by atoms with Gasteiger partial charge < -0.3 is 4.90 Å². The Balaban J connectivity index is 1.56. The van der Waals surface area contributed by atoms with Crippen molar-refractivity contribution in [2.45, 2.75) is 19.3 Å². The average molecular weight is 494 g/mol. The predicted octanol–water partition coefficient (Wildman–Crippen LogP) is 10.3. The summed E-state index contributed by atoms with van der Waals surface area (Å²) in [6.07, 6.45) is 0. The van der Waals surface area contributed by atoms with Crippen LogP contribution in [0.3, 0.4) is 0 Å². The number of thiophene rings is 1. The minimum Gasteiger partial charge on any atom is -0.308 e. The van der Waals surface area contributed by atoms with Crippen LogP contribution in [-0.2, 0) is 5.41 Å².